The Labute approximate surface area is 93.7 Å². The predicted octanol–water partition coefficient (Wildman–Crippen LogP) is 2.09. The first kappa shape index (κ1) is 10.8. The van der Waals surface area contributed by atoms with Crippen molar-refractivity contribution in [1.82, 2.24) is 9.55 Å². The van der Waals surface area contributed by atoms with E-state index < -0.39 is 0 Å². The number of hydrogen-bond acceptors (Lipinski definition) is 2. The van der Waals surface area contributed by atoms with Crippen molar-refractivity contribution in [3.63, 3.8) is 0 Å². The van der Waals surface area contributed by atoms with Gasteiger partial charge in [-0.05, 0) is 24.6 Å². The van der Waals surface area contributed by atoms with Gasteiger partial charge in [0.25, 0.3) is 0 Å². The van der Waals surface area contributed by atoms with Crippen LogP contribution in [-0.2, 0) is 6.54 Å². The summed E-state index contributed by atoms with van der Waals surface area (Å²) in [5.41, 5.74) is 7.46. The summed E-state index contributed by atoms with van der Waals surface area (Å²) in [5.74, 6) is -0.223. The molecule has 1 aromatic heterocycles. The van der Waals surface area contributed by atoms with E-state index in [-0.39, 0.29) is 11.9 Å². The minimum absolute atomic E-state index is 0.0387. The summed E-state index contributed by atoms with van der Waals surface area (Å²) in [6, 6.07) is 6.62. The normalized spacial score (nSPS) is 12.7. The third kappa shape index (κ3) is 1.97. The Balaban J connectivity index is 2.35. The van der Waals surface area contributed by atoms with Crippen molar-refractivity contribution in [3.05, 3.63) is 53.9 Å². The average molecular weight is 219 g/mol. The molecule has 0 saturated heterocycles. The van der Waals surface area contributed by atoms with Gasteiger partial charge in [-0.3, -0.25) is 0 Å². The summed E-state index contributed by atoms with van der Waals surface area (Å²) in [6.45, 7) is 2.43. The van der Waals surface area contributed by atoms with Crippen LogP contribution in [-0.4, -0.2) is 9.55 Å². The highest BCUT2D eigenvalue weighted by Crippen LogP contribution is 2.19. The van der Waals surface area contributed by atoms with Gasteiger partial charge in [-0.2, -0.15) is 0 Å². The standard InChI is InChI=1S/C12H14FN3/c1-9(10-3-2-4-11(13)5-10)16-8-15-7-12(16)6-14/h2-5,7-9H,6,14H2,1H3. The molecule has 2 rings (SSSR count). The maximum Gasteiger partial charge on any atom is 0.123 e. The number of benzene rings is 1. The topological polar surface area (TPSA) is 43.8 Å². The summed E-state index contributed by atoms with van der Waals surface area (Å²) in [4.78, 5) is 4.05. The van der Waals surface area contributed by atoms with Crippen molar-refractivity contribution >= 4 is 0 Å². The second-order valence-corrected chi connectivity index (χ2v) is 3.73. The van der Waals surface area contributed by atoms with Gasteiger partial charge in [-0.1, -0.05) is 12.1 Å². The van der Waals surface area contributed by atoms with Gasteiger partial charge in [-0.15, -0.1) is 0 Å². The number of imidazole rings is 1. The number of hydrogen-bond donors (Lipinski definition) is 1. The van der Waals surface area contributed by atoms with Crippen molar-refractivity contribution in [2.45, 2.75) is 19.5 Å². The SMILES string of the molecule is CC(c1cccc(F)c1)n1cncc1CN. The van der Waals surface area contributed by atoms with Crippen molar-refractivity contribution in [1.29, 1.82) is 0 Å². The fourth-order valence-electron chi connectivity index (χ4n) is 1.77. The molecule has 4 heteroatoms. The van der Waals surface area contributed by atoms with Gasteiger partial charge < -0.3 is 10.3 Å². The van der Waals surface area contributed by atoms with E-state index in [0.29, 0.717) is 6.54 Å². The molecular weight excluding hydrogens is 205 g/mol. The molecule has 0 radical (unpaired) electrons. The maximum absolute atomic E-state index is 13.1. The van der Waals surface area contributed by atoms with Gasteiger partial charge in [0, 0.05) is 12.7 Å². The first-order valence-electron chi connectivity index (χ1n) is 5.18. The van der Waals surface area contributed by atoms with Crippen molar-refractivity contribution in [2.24, 2.45) is 5.73 Å². The summed E-state index contributed by atoms with van der Waals surface area (Å²) in [6.07, 6.45) is 3.45. The molecule has 1 aromatic carbocycles. The average Bonchev–Trinajstić information content (AvgIpc) is 2.76. The smallest absolute Gasteiger partial charge is 0.123 e. The van der Waals surface area contributed by atoms with E-state index in [2.05, 4.69) is 4.98 Å². The molecule has 0 amide bonds. The minimum atomic E-state index is -0.223. The Morgan fingerprint density at radius 2 is 2.31 bits per heavy atom. The molecule has 0 aliphatic heterocycles. The molecule has 0 bridgehead atoms. The Morgan fingerprint density at radius 1 is 1.50 bits per heavy atom. The molecule has 2 aromatic rings. The molecule has 0 aliphatic rings. The maximum atomic E-state index is 13.1. The lowest BCUT2D eigenvalue weighted by atomic mass is 10.1. The lowest BCUT2D eigenvalue weighted by Crippen LogP contribution is -2.12. The van der Waals surface area contributed by atoms with Gasteiger partial charge in [-0.25, -0.2) is 9.37 Å². The Morgan fingerprint density at radius 3 is 3.00 bits per heavy atom. The van der Waals surface area contributed by atoms with Crippen molar-refractivity contribution in [3.8, 4) is 0 Å². The molecule has 1 unspecified atom stereocenters. The molecule has 3 nitrogen and oxygen atoms in total. The fraction of sp³-hybridized carbons (Fsp3) is 0.250. The van der Waals surface area contributed by atoms with E-state index in [1.54, 1.807) is 18.6 Å². The molecule has 0 aliphatic carbocycles. The van der Waals surface area contributed by atoms with E-state index in [1.165, 1.54) is 12.1 Å². The lowest BCUT2D eigenvalue weighted by Gasteiger charge is -2.16. The van der Waals surface area contributed by atoms with Gasteiger partial charge in [0.15, 0.2) is 0 Å². The van der Waals surface area contributed by atoms with Gasteiger partial charge in [0.1, 0.15) is 5.82 Å². The zero-order chi connectivity index (χ0) is 11.5. The van der Waals surface area contributed by atoms with Crippen LogP contribution in [0.4, 0.5) is 4.39 Å². The Hall–Kier alpha value is -1.68. The first-order valence-corrected chi connectivity index (χ1v) is 5.18. The van der Waals surface area contributed by atoms with Gasteiger partial charge in [0.2, 0.25) is 0 Å². The highest BCUT2D eigenvalue weighted by atomic mass is 19.1. The molecule has 0 saturated carbocycles. The zero-order valence-electron chi connectivity index (χ0n) is 9.10. The largest absolute Gasteiger partial charge is 0.326 e. The summed E-state index contributed by atoms with van der Waals surface area (Å²) < 4.78 is 15.1. The number of nitrogens with two attached hydrogens (primary N) is 1. The highest BCUT2D eigenvalue weighted by molar-refractivity contribution is 5.21. The predicted molar refractivity (Wildman–Crippen MR) is 60.3 cm³/mol. The van der Waals surface area contributed by atoms with Crippen LogP contribution >= 0.6 is 0 Å². The third-order valence-electron chi connectivity index (χ3n) is 2.70. The van der Waals surface area contributed by atoms with Crippen LogP contribution in [0, 0.1) is 5.82 Å². The summed E-state index contributed by atoms with van der Waals surface area (Å²) >= 11 is 0. The monoisotopic (exact) mass is 219 g/mol. The van der Waals surface area contributed by atoms with Crippen LogP contribution in [0.1, 0.15) is 24.2 Å². The second-order valence-electron chi connectivity index (χ2n) is 3.73. The fourth-order valence-corrected chi connectivity index (χ4v) is 1.77. The lowest BCUT2D eigenvalue weighted by molar-refractivity contribution is 0.590. The van der Waals surface area contributed by atoms with E-state index in [4.69, 9.17) is 5.73 Å². The van der Waals surface area contributed by atoms with E-state index in [9.17, 15) is 4.39 Å². The number of rotatable bonds is 3. The van der Waals surface area contributed by atoms with Crippen LogP contribution in [0.15, 0.2) is 36.8 Å². The summed E-state index contributed by atoms with van der Waals surface area (Å²) in [5, 5.41) is 0. The molecule has 0 spiro atoms. The molecule has 0 fully saturated rings. The zero-order valence-corrected chi connectivity index (χ0v) is 9.10. The van der Waals surface area contributed by atoms with Gasteiger partial charge in [0.05, 0.1) is 18.1 Å². The highest BCUT2D eigenvalue weighted by Gasteiger charge is 2.11. The van der Waals surface area contributed by atoms with Crippen molar-refractivity contribution in [2.75, 3.05) is 0 Å². The van der Waals surface area contributed by atoms with Crippen LogP contribution in [0.5, 0.6) is 0 Å². The van der Waals surface area contributed by atoms with E-state index in [1.807, 2.05) is 17.6 Å². The number of halogens is 1. The van der Waals surface area contributed by atoms with Crippen LogP contribution < -0.4 is 5.73 Å². The first-order chi connectivity index (χ1) is 7.72. The number of nitrogens with zero attached hydrogens (tertiary/aromatic N) is 2. The summed E-state index contributed by atoms with van der Waals surface area (Å²) in [7, 11) is 0. The van der Waals surface area contributed by atoms with E-state index >= 15 is 0 Å². The Kier molecular flexibility index (Phi) is 3.01. The van der Waals surface area contributed by atoms with Gasteiger partial charge >= 0.3 is 0 Å². The minimum Gasteiger partial charge on any atom is -0.326 e. The molecule has 1 atom stereocenters. The molecule has 84 valence electrons. The van der Waals surface area contributed by atoms with Crippen molar-refractivity contribution < 1.29 is 4.39 Å². The molecule has 16 heavy (non-hydrogen) atoms. The van der Waals surface area contributed by atoms with E-state index in [0.717, 1.165) is 11.3 Å². The van der Waals surface area contributed by atoms with Crippen LogP contribution in [0.3, 0.4) is 0 Å². The second kappa shape index (κ2) is 4.45. The molecule has 1 heterocycles. The quantitative estimate of drug-likeness (QED) is 0.859. The van der Waals surface area contributed by atoms with Crippen LogP contribution in [0.25, 0.3) is 0 Å². The molecular formula is C12H14FN3. The molecule has 2 N–H and O–H groups in total. The van der Waals surface area contributed by atoms with Crippen LogP contribution in [0.2, 0.25) is 0 Å². The third-order valence-corrected chi connectivity index (χ3v) is 2.70. The Bertz CT molecular complexity index is 479. The number of aromatic nitrogens is 2.